The van der Waals surface area contributed by atoms with Crippen molar-refractivity contribution in [2.75, 3.05) is 5.32 Å². The summed E-state index contributed by atoms with van der Waals surface area (Å²) in [7, 11) is 0. The molecule has 0 amide bonds. The maximum atomic E-state index is 9.08. The van der Waals surface area contributed by atoms with E-state index in [0.29, 0.717) is 12.1 Å². The van der Waals surface area contributed by atoms with Crippen LogP contribution in [0.2, 0.25) is 0 Å². The number of hydrogen-bond donors (Lipinski definition) is 1. The lowest BCUT2D eigenvalue weighted by atomic mass is 10.1. The third kappa shape index (κ3) is 2.86. The van der Waals surface area contributed by atoms with E-state index in [1.165, 1.54) is 5.56 Å². The van der Waals surface area contributed by atoms with Gasteiger partial charge in [-0.3, -0.25) is 0 Å². The fourth-order valence-electron chi connectivity index (χ4n) is 1.58. The van der Waals surface area contributed by atoms with Gasteiger partial charge in [-0.1, -0.05) is 36.4 Å². The van der Waals surface area contributed by atoms with Crippen molar-refractivity contribution in [1.82, 2.24) is 0 Å². The van der Waals surface area contributed by atoms with Gasteiger partial charge in [0.2, 0.25) is 0 Å². The second-order valence-electron chi connectivity index (χ2n) is 3.61. The van der Waals surface area contributed by atoms with Gasteiger partial charge in [-0.25, -0.2) is 0 Å². The Morgan fingerprint density at radius 2 is 1.82 bits per heavy atom. The molecule has 2 rings (SSSR count). The van der Waals surface area contributed by atoms with Crippen LogP contribution in [0, 0.1) is 11.3 Å². The molecule has 0 unspecified atom stereocenters. The van der Waals surface area contributed by atoms with Crippen LogP contribution in [-0.4, -0.2) is 0 Å². The highest BCUT2D eigenvalue weighted by atomic mass is 79.9. The average molecular weight is 287 g/mol. The number of benzene rings is 2. The Bertz CT molecular complexity index is 544. The summed E-state index contributed by atoms with van der Waals surface area (Å²) in [6.07, 6.45) is 0. The highest BCUT2D eigenvalue weighted by Crippen LogP contribution is 2.24. The topological polar surface area (TPSA) is 35.8 Å². The predicted molar refractivity (Wildman–Crippen MR) is 72.6 cm³/mol. The number of nitrogens with one attached hydrogen (secondary N) is 1. The van der Waals surface area contributed by atoms with Crippen molar-refractivity contribution < 1.29 is 0 Å². The lowest BCUT2D eigenvalue weighted by Crippen LogP contribution is -2.01. The van der Waals surface area contributed by atoms with Crippen molar-refractivity contribution in [3.8, 4) is 6.07 Å². The average Bonchev–Trinajstić information content (AvgIpc) is 2.37. The summed E-state index contributed by atoms with van der Waals surface area (Å²) in [4.78, 5) is 0. The van der Waals surface area contributed by atoms with Crippen molar-refractivity contribution in [2.45, 2.75) is 6.54 Å². The quantitative estimate of drug-likeness (QED) is 0.928. The Hall–Kier alpha value is -1.79. The second-order valence-corrected chi connectivity index (χ2v) is 4.47. The number of nitriles is 1. The van der Waals surface area contributed by atoms with Crippen LogP contribution < -0.4 is 5.32 Å². The first-order valence-corrected chi connectivity index (χ1v) is 6.07. The van der Waals surface area contributed by atoms with Crippen LogP contribution >= 0.6 is 15.9 Å². The van der Waals surface area contributed by atoms with Gasteiger partial charge in [-0.05, 0) is 33.6 Å². The smallest absolute Gasteiger partial charge is 0.103 e. The summed E-state index contributed by atoms with van der Waals surface area (Å²) in [5.74, 6) is 0. The molecule has 3 heteroatoms. The highest BCUT2D eigenvalue weighted by Gasteiger charge is 2.04. The standard InChI is InChI=1S/C14H11BrN2/c15-13-7-4-8-14(12(13)9-16)17-10-11-5-2-1-3-6-11/h1-8,17H,10H2. The van der Waals surface area contributed by atoms with E-state index in [0.717, 1.165) is 10.2 Å². The van der Waals surface area contributed by atoms with Crippen molar-refractivity contribution in [3.63, 3.8) is 0 Å². The molecule has 2 aromatic rings. The van der Waals surface area contributed by atoms with E-state index in [1.807, 2.05) is 36.4 Å². The predicted octanol–water partition coefficient (Wildman–Crippen LogP) is 3.93. The van der Waals surface area contributed by atoms with Gasteiger partial charge in [-0.15, -0.1) is 0 Å². The monoisotopic (exact) mass is 286 g/mol. The molecule has 1 N–H and O–H groups in total. The van der Waals surface area contributed by atoms with E-state index < -0.39 is 0 Å². The minimum atomic E-state index is 0.642. The number of rotatable bonds is 3. The first-order chi connectivity index (χ1) is 8.31. The maximum Gasteiger partial charge on any atom is 0.103 e. The molecular weight excluding hydrogens is 276 g/mol. The maximum absolute atomic E-state index is 9.08. The molecule has 0 aliphatic rings. The molecule has 2 aromatic carbocycles. The van der Waals surface area contributed by atoms with Crippen LogP contribution in [0.1, 0.15) is 11.1 Å². The first-order valence-electron chi connectivity index (χ1n) is 5.27. The Morgan fingerprint density at radius 1 is 1.06 bits per heavy atom. The minimum Gasteiger partial charge on any atom is -0.380 e. The number of anilines is 1. The third-order valence-corrected chi connectivity index (χ3v) is 3.11. The Morgan fingerprint density at radius 3 is 2.53 bits per heavy atom. The van der Waals surface area contributed by atoms with Gasteiger partial charge in [0.15, 0.2) is 0 Å². The molecule has 0 heterocycles. The van der Waals surface area contributed by atoms with Crippen LogP contribution in [0.5, 0.6) is 0 Å². The molecule has 17 heavy (non-hydrogen) atoms. The largest absolute Gasteiger partial charge is 0.380 e. The van der Waals surface area contributed by atoms with Crippen molar-refractivity contribution in [3.05, 3.63) is 64.1 Å². The van der Waals surface area contributed by atoms with Crippen LogP contribution in [-0.2, 0) is 6.54 Å². The summed E-state index contributed by atoms with van der Waals surface area (Å²) in [5, 5.41) is 12.3. The van der Waals surface area contributed by atoms with Crippen LogP contribution in [0.3, 0.4) is 0 Å². The van der Waals surface area contributed by atoms with Crippen molar-refractivity contribution in [1.29, 1.82) is 5.26 Å². The second kappa shape index (κ2) is 5.51. The van der Waals surface area contributed by atoms with Gasteiger partial charge >= 0.3 is 0 Å². The molecule has 84 valence electrons. The fourth-order valence-corrected chi connectivity index (χ4v) is 2.03. The molecule has 0 aliphatic heterocycles. The number of nitrogens with zero attached hydrogens (tertiary/aromatic N) is 1. The molecule has 0 aliphatic carbocycles. The Kier molecular flexibility index (Phi) is 3.79. The molecule has 0 atom stereocenters. The summed E-state index contributed by atoms with van der Waals surface area (Å²) in [6, 6.07) is 18.0. The molecule has 2 nitrogen and oxygen atoms in total. The summed E-state index contributed by atoms with van der Waals surface area (Å²) in [6.45, 7) is 0.714. The van der Waals surface area contributed by atoms with Gasteiger partial charge < -0.3 is 5.32 Å². The lowest BCUT2D eigenvalue weighted by molar-refractivity contribution is 1.14. The van der Waals surface area contributed by atoms with Gasteiger partial charge in [0, 0.05) is 11.0 Å². The normalized spacial score (nSPS) is 9.65. The van der Waals surface area contributed by atoms with E-state index in [1.54, 1.807) is 0 Å². The van der Waals surface area contributed by atoms with Crippen LogP contribution in [0.25, 0.3) is 0 Å². The third-order valence-electron chi connectivity index (χ3n) is 2.45. The lowest BCUT2D eigenvalue weighted by Gasteiger charge is -2.09. The van der Waals surface area contributed by atoms with E-state index >= 15 is 0 Å². The van der Waals surface area contributed by atoms with E-state index in [9.17, 15) is 0 Å². The molecular formula is C14H11BrN2. The molecule has 0 fully saturated rings. The molecule has 0 saturated heterocycles. The minimum absolute atomic E-state index is 0.642. The Labute approximate surface area is 109 Å². The van der Waals surface area contributed by atoms with Crippen molar-refractivity contribution in [2.24, 2.45) is 0 Å². The van der Waals surface area contributed by atoms with Crippen molar-refractivity contribution >= 4 is 21.6 Å². The molecule has 0 radical (unpaired) electrons. The Balaban J connectivity index is 2.15. The van der Waals surface area contributed by atoms with Gasteiger partial charge in [0.25, 0.3) is 0 Å². The van der Waals surface area contributed by atoms with Gasteiger partial charge in [0.1, 0.15) is 6.07 Å². The van der Waals surface area contributed by atoms with E-state index in [-0.39, 0.29) is 0 Å². The van der Waals surface area contributed by atoms with E-state index in [4.69, 9.17) is 5.26 Å². The number of halogens is 1. The zero-order valence-corrected chi connectivity index (χ0v) is 10.7. The zero-order valence-electron chi connectivity index (χ0n) is 9.15. The summed E-state index contributed by atoms with van der Waals surface area (Å²) in [5.41, 5.74) is 2.69. The SMILES string of the molecule is N#Cc1c(Br)cccc1NCc1ccccc1. The fraction of sp³-hybridized carbons (Fsp3) is 0.0714. The van der Waals surface area contributed by atoms with Crippen LogP contribution in [0.15, 0.2) is 53.0 Å². The summed E-state index contributed by atoms with van der Waals surface area (Å²) < 4.78 is 0.818. The molecule has 0 saturated carbocycles. The molecule has 0 bridgehead atoms. The molecule has 0 aromatic heterocycles. The van der Waals surface area contributed by atoms with Gasteiger partial charge in [-0.2, -0.15) is 5.26 Å². The zero-order chi connectivity index (χ0) is 12.1. The summed E-state index contributed by atoms with van der Waals surface area (Å²) >= 11 is 3.37. The first kappa shape index (κ1) is 11.7. The number of hydrogen-bond acceptors (Lipinski definition) is 2. The highest BCUT2D eigenvalue weighted by molar-refractivity contribution is 9.10. The van der Waals surface area contributed by atoms with E-state index in [2.05, 4.69) is 39.4 Å². The van der Waals surface area contributed by atoms with Gasteiger partial charge in [0.05, 0.1) is 11.3 Å². The van der Waals surface area contributed by atoms with Crippen LogP contribution in [0.4, 0.5) is 5.69 Å². The molecule has 0 spiro atoms.